The highest BCUT2D eigenvalue weighted by atomic mass is 79.9. The Bertz CT molecular complexity index is 375. The number of rotatable bonds is 6. The third-order valence-electron chi connectivity index (χ3n) is 3.67. The van der Waals surface area contributed by atoms with Gasteiger partial charge in [-0.3, -0.25) is 0 Å². The van der Waals surface area contributed by atoms with Gasteiger partial charge in [0, 0.05) is 11.4 Å². The second-order valence-corrected chi connectivity index (χ2v) is 6.51. The molecule has 0 saturated carbocycles. The summed E-state index contributed by atoms with van der Waals surface area (Å²) in [5, 5.41) is 0. The predicted octanol–water partition coefficient (Wildman–Crippen LogP) is 4.35. The van der Waals surface area contributed by atoms with Crippen molar-refractivity contribution in [1.82, 2.24) is 0 Å². The van der Waals surface area contributed by atoms with Crippen LogP contribution in [0.25, 0.3) is 0 Å². The summed E-state index contributed by atoms with van der Waals surface area (Å²) >= 11 is 3.79. The highest BCUT2D eigenvalue weighted by Crippen LogP contribution is 2.23. The molecule has 1 aliphatic rings. The summed E-state index contributed by atoms with van der Waals surface area (Å²) < 4.78 is 11.0. The number of methoxy groups -OCH3 is 1. The van der Waals surface area contributed by atoms with Crippen LogP contribution in [0.15, 0.2) is 24.3 Å². The molecule has 0 aliphatic carbocycles. The van der Waals surface area contributed by atoms with Gasteiger partial charge in [0.1, 0.15) is 5.75 Å². The van der Waals surface area contributed by atoms with Gasteiger partial charge < -0.3 is 9.47 Å². The van der Waals surface area contributed by atoms with Crippen molar-refractivity contribution in [3.8, 4) is 5.75 Å². The van der Waals surface area contributed by atoms with E-state index in [1.165, 1.54) is 37.7 Å². The van der Waals surface area contributed by atoms with E-state index in [4.69, 9.17) is 9.47 Å². The van der Waals surface area contributed by atoms with Gasteiger partial charge in [-0.05, 0) is 56.2 Å². The van der Waals surface area contributed by atoms with Crippen LogP contribution in [0.4, 0.5) is 0 Å². The molecule has 2 nitrogen and oxygen atoms in total. The first-order valence-electron chi connectivity index (χ1n) is 7.16. The maximum Gasteiger partial charge on any atom is 0.119 e. The molecule has 0 spiro atoms. The molecule has 1 heterocycles. The van der Waals surface area contributed by atoms with Gasteiger partial charge in [-0.25, -0.2) is 0 Å². The van der Waals surface area contributed by atoms with E-state index in [-0.39, 0.29) is 0 Å². The smallest absolute Gasteiger partial charge is 0.119 e. The minimum atomic E-state index is 0.485. The molecule has 106 valence electrons. The zero-order chi connectivity index (χ0) is 13.5. The van der Waals surface area contributed by atoms with Gasteiger partial charge in [0.25, 0.3) is 0 Å². The maximum atomic E-state index is 5.77. The van der Waals surface area contributed by atoms with E-state index in [2.05, 4.69) is 34.1 Å². The molecule has 3 heteroatoms. The van der Waals surface area contributed by atoms with Crippen LogP contribution in [-0.2, 0) is 11.2 Å². The van der Waals surface area contributed by atoms with Crippen molar-refractivity contribution in [2.24, 2.45) is 0 Å². The molecule has 0 amide bonds. The third kappa shape index (κ3) is 5.15. The van der Waals surface area contributed by atoms with Crippen molar-refractivity contribution in [2.75, 3.05) is 13.7 Å². The molecule has 1 fully saturated rings. The lowest BCUT2D eigenvalue weighted by molar-refractivity contribution is 0.0102. The molecular weight excluding hydrogens is 304 g/mol. The number of alkyl halides is 1. The molecular formula is C16H23BrO2. The Kier molecular flexibility index (Phi) is 6.18. The van der Waals surface area contributed by atoms with Gasteiger partial charge >= 0.3 is 0 Å². The van der Waals surface area contributed by atoms with Gasteiger partial charge in [-0.15, -0.1) is 0 Å². The topological polar surface area (TPSA) is 18.5 Å². The SMILES string of the molecule is COc1cccc(CC(Br)CCC2CCCCO2)c1. The van der Waals surface area contributed by atoms with Gasteiger partial charge in [-0.2, -0.15) is 0 Å². The lowest BCUT2D eigenvalue weighted by atomic mass is 10.0. The molecule has 0 aromatic heterocycles. The summed E-state index contributed by atoms with van der Waals surface area (Å²) in [4.78, 5) is 0.519. The Balaban J connectivity index is 1.75. The largest absolute Gasteiger partial charge is 0.497 e. The molecule has 2 atom stereocenters. The molecule has 0 N–H and O–H groups in total. The zero-order valence-corrected chi connectivity index (χ0v) is 13.2. The second kappa shape index (κ2) is 7.91. The summed E-state index contributed by atoms with van der Waals surface area (Å²) in [6.07, 6.45) is 7.66. The highest BCUT2D eigenvalue weighted by molar-refractivity contribution is 9.09. The number of ether oxygens (including phenoxy) is 2. The Morgan fingerprint density at radius 2 is 2.32 bits per heavy atom. The van der Waals surface area contributed by atoms with Gasteiger partial charge in [0.05, 0.1) is 13.2 Å². The second-order valence-electron chi connectivity index (χ2n) is 5.22. The van der Waals surface area contributed by atoms with Crippen molar-refractivity contribution in [1.29, 1.82) is 0 Å². The predicted molar refractivity (Wildman–Crippen MR) is 82.2 cm³/mol. The first-order chi connectivity index (χ1) is 9.28. The third-order valence-corrected chi connectivity index (χ3v) is 4.45. The molecule has 1 aliphatic heterocycles. The lowest BCUT2D eigenvalue weighted by Gasteiger charge is -2.23. The zero-order valence-electron chi connectivity index (χ0n) is 11.6. The number of hydrogen-bond donors (Lipinski definition) is 0. The van der Waals surface area contributed by atoms with E-state index in [0.29, 0.717) is 10.9 Å². The monoisotopic (exact) mass is 326 g/mol. The first-order valence-corrected chi connectivity index (χ1v) is 8.08. The number of benzene rings is 1. The average Bonchev–Trinajstić information content (AvgIpc) is 2.46. The van der Waals surface area contributed by atoms with Crippen LogP contribution in [-0.4, -0.2) is 24.6 Å². The molecule has 1 aromatic rings. The Labute approximate surface area is 124 Å². The average molecular weight is 327 g/mol. The molecule has 19 heavy (non-hydrogen) atoms. The van der Waals surface area contributed by atoms with Gasteiger partial charge in [0.2, 0.25) is 0 Å². The van der Waals surface area contributed by atoms with Crippen LogP contribution in [0.5, 0.6) is 5.75 Å². The Morgan fingerprint density at radius 1 is 1.42 bits per heavy atom. The van der Waals surface area contributed by atoms with Crippen LogP contribution >= 0.6 is 15.9 Å². The minimum Gasteiger partial charge on any atom is -0.497 e. The summed E-state index contributed by atoms with van der Waals surface area (Å²) in [5.74, 6) is 0.938. The van der Waals surface area contributed by atoms with E-state index in [0.717, 1.165) is 18.8 Å². The standard InChI is InChI=1S/C16H23BrO2/c1-18-16-7-4-5-13(12-16)11-14(17)8-9-15-6-2-3-10-19-15/h4-5,7,12,14-15H,2-3,6,8-11H2,1H3. The van der Waals surface area contributed by atoms with Crippen LogP contribution in [0.2, 0.25) is 0 Å². The van der Waals surface area contributed by atoms with Crippen LogP contribution < -0.4 is 4.74 Å². The highest BCUT2D eigenvalue weighted by Gasteiger charge is 2.15. The normalized spacial score (nSPS) is 21.1. The van der Waals surface area contributed by atoms with E-state index in [1.807, 2.05) is 6.07 Å². The molecule has 1 aromatic carbocycles. The number of hydrogen-bond acceptors (Lipinski definition) is 2. The molecule has 1 saturated heterocycles. The molecule has 0 bridgehead atoms. The van der Waals surface area contributed by atoms with Crippen molar-refractivity contribution >= 4 is 15.9 Å². The van der Waals surface area contributed by atoms with Gasteiger partial charge in [0.15, 0.2) is 0 Å². The fraction of sp³-hybridized carbons (Fsp3) is 0.625. The Morgan fingerprint density at radius 3 is 3.05 bits per heavy atom. The number of halogens is 1. The van der Waals surface area contributed by atoms with E-state index >= 15 is 0 Å². The van der Waals surface area contributed by atoms with E-state index in [9.17, 15) is 0 Å². The fourth-order valence-corrected chi connectivity index (χ4v) is 3.20. The molecule has 2 rings (SSSR count). The van der Waals surface area contributed by atoms with Gasteiger partial charge in [-0.1, -0.05) is 28.1 Å². The molecule has 0 radical (unpaired) electrons. The fourth-order valence-electron chi connectivity index (χ4n) is 2.56. The first kappa shape index (κ1) is 14.9. The van der Waals surface area contributed by atoms with Crippen LogP contribution in [0.3, 0.4) is 0 Å². The van der Waals surface area contributed by atoms with E-state index < -0.39 is 0 Å². The summed E-state index contributed by atoms with van der Waals surface area (Å²) in [6, 6.07) is 8.32. The summed E-state index contributed by atoms with van der Waals surface area (Å²) in [6.45, 7) is 0.952. The maximum absolute atomic E-state index is 5.77. The van der Waals surface area contributed by atoms with Crippen molar-refractivity contribution < 1.29 is 9.47 Å². The summed E-state index contributed by atoms with van der Waals surface area (Å²) in [5.41, 5.74) is 1.32. The van der Waals surface area contributed by atoms with Crippen LogP contribution in [0.1, 0.15) is 37.7 Å². The van der Waals surface area contributed by atoms with Crippen molar-refractivity contribution in [2.45, 2.75) is 49.5 Å². The minimum absolute atomic E-state index is 0.485. The van der Waals surface area contributed by atoms with Crippen LogP contribution in [0, 0.1) is 0 Å². The quantitative estimate of drug-likeness (QED) is 0.723. The van der Waals surface area contributed by atoms with Crippen molar-refractivity contribution in [3.63, 3.8) is 0 Å². The van der Waals surface area contributed by atoms with Crippen molar-refractivity contribution in [3.05, 3.63) is 29.8 Å². The summed E-state index contributed by atoms with van der Waals surface area (Å²) in [7, 11) is 1.71. The lowest BCUT2D eigenvalue weighted by Crippen LogP contribution is -2.20. The molecule has 2 unspecified atom stereocenters. The Hall–Kier alpha value is -0.540. The van der Waals surface area contributed by atoms with E-state index in [1.54, 1.807) is 7.11 Å².